The standard InChI is InChI=1S/C7H11NO2.C7H10O3.CH4/c1-2-6(9)7-5-8-3-4-10-7;1-5(2)7(8)10-4-6-3-9-6;/h2,7-8H,1,3-5H2;6H,1,3-4H2,2H3;1H4. The zero-order valence-electron chi connectivity index (χ0n) is 11.7. The minimum Gasteiger partial charge on any atom is -0.459 e. The van der Waals surface area contributed by atoms with Crippen LogP contribution in [0.2, 0.25) is 0 Å². The second-order valence-electron chi connectivity index (χ2n) is 4.50. The first-order valence-corrected chi connectivity index (χ1v) is 6.47. The molecule has 0 aliphatic carbocycles. The van der Waals surface area contributed by atoms with E-state index in [0.717, 1.165) is 6.54 Å². The molecule has 120 valence electrons. The van der Waals surface area contributed by atoms with Gasteiger partial charge >= 0.3 is 5.97 Å². The predicted molar refractivity (Wildman–Crippen MR) is 80.1 cm³/mol. The first kappa shape index (κ1) is 19.5. The van der Waals surface area contributed by atoms with Crippen LogP contribution in [0, 0.1) is 0 Å². The lowest BCUT2D eigenvalue weighted by atomic mass is 10.2. The highest BCUT2D eigenvalue weighted by Gasteiger charge is 2.24. The van der Waals surface area contributed by atoms with Crippen LogP contribution < -0.4 is 5.32 Å². The topological polar surface area (TPSA) is 77.2 Å². The van der Waals surface area contributed by atoms with E-state index < -0.39 is 0 Å². The van der Waals surface area contributed by atoms with E-state index in [1.807, 2.05) is 0 Å². The average Bonchev–Trinajstić information content (AvgIpc) is 3.29. The van der Waals surface area contributed by atoms with Gasteiger partial charge in [0.25, 0.3) is 0 Å². The molecule has 2 rings (SSSR count). The fraction of sp³-hybridized carbons (Fsp3) is 0.600. The third-order valence-electron chi connectivity index (χ3n) is 2.60. The highest BCUT2D eigenvalue weighted by molar-refractivity contribution is 5.93. The Hall–Kier alpha value is -1.50. The Morgan fingerprint density at radius 2 is 2.10 bits per heavy atom. The minimum atomic E-state index is -0.337. The summed E-state index contributed by atoms with van der Waals surface area (Å²) >= 11 is 0. The summed E-state index contributed by atoms with van der Waals surface area (Å²) in [7, 11) is 0. The molecule has 21 heavy (non-hydrogen) atoms. The van der Waals surface area contributed by atoms with Gasteiger partial charge in [-0.15, -0.1) is 0 Å². The number of carbonyl (C=O) groups excluding carboxylic acids is 2. The van der Waals surface area contributed by atoms with Crippen molar-refractivity contribution in [3.63, 3.8) is 0 Å². The maximum atomic E-state index is 10.9. The largest absolute Gasteiger partial charge is 0.459 e. The van der Waals surface area contributed by atoms with Crippen LogP contribution in [0.5, 0.6) is 0 Å². The van der Waals surface area contributed by atoms with Crippen LogP contribution in [-0.2, 0) is 23.8 Å². The van der Waals surface area contributed by atoms with Crippen LogP contribution in [0.15, 0.2) is 24.8 Å². The van der Waals surface area contributed by atoms with Crippen LogP contribution in [0.3, 0.4) is 0 Å². The SMILES string of the molecule is C.C=C(C)C(=O)OCC1CO1.C=CC(=O)C1CNCCO1. The van der Waals surface area contributed by atoms with Gasteiger partial charge in [0.15, 0.2) is 5.78 Å². The fourth-order valence-corrected chi connectivity index (χ4v) is 1.34. The van der Waals surface area contributed by atoms with Gasteiger partial charge in [0, 0.05) is 18.7 Å². The maximum absolute atomic E-state index is 10.9. The molecule has 0 spiro atoms. The number of carbonyl (C=O) groups is 2. The number of hydrogen-bond donors (Lipinski definition) is 1. The number of ether oxygens (including phenoxy) is 3. The molecule has 2 saturated heterocycles. The third kappa shape index (κ3) is 8.39. The van der Waals surface area contributed by atoms with E-state index in [0.29, 0.717) is 31.9 Å². The first-order chi connectivity index (χ1) is 9.54. The van der Waals surface area contributed by atoms with Gasteiger partial charge in [0.1, 0.15) is 18.8 Å². The molecule has 2 unspecified atom stereocenters. The molecule has 0 aromatic heterocycles. The molecule has 0 aromatic rings. The van der Waals surface area contributed by atoms with Crippen molar-refractivity contribution in [2.24, 2.45) is 0 Å². The Kier molecular flexibility index (Phi) is 9.53. The van der Waals surface area contributed by atoms with Gasteiger partial charge in [-0.05, 0) is 13.0 Å². The van der Waals surface area contributed by atoms with Crippen molar-refractivity contribution in [2.45, 2.75) is 26.6 Å². The lowest BCUT2D eigenvalue weighted by Crippen LogP contribution is -2.42. The van der Waals surface area contributed by atoms with Gasteiger partial charge in [0.2, 0.25) is 0 Å². The highest BCUT2D eigenvalue weighted by atomic mass is 16.6. The average molecular weight is 299 g/mol. The Morgan fingerprint density at radius 3 is 2.52 bits per heavy atom. The lowest BCUT2D eigenvalue weighted by Gasteiger charge is -2.20. The van der Waals surface area contributed by atoms with E-state index in [9.17, 15) is 9.59 Å². The molecular weight excluding hydrogens is 274 g/mol. The molecule has 0 aromatic carbocycles. The second kappa shape index (κ2) is 10.3. The van der Waals surface area contributed by atoms with E-state index in [1.165, 1.54) is 6.08 Å². The van der Waals surface area contributed by atoms with Crippen molar-refractivity contribution in [1.82, 2.24) is 5.32 Å². The molecule has 2 heterocycles. The summed E-state index contributed by atoms with van der Waals surface area (Å²) in [6, 6.07) is 0. The smallest absolute Gasteiger partial charge is 0.333 e. The van der Waals surface area contributed by atoms with Crippen LogP contribution >= 0.6 is 0 Å². The Bertz CT molecular complexity index is 370. The number of hydrogen-bond acceptors (Lipinski definition) is 6. The zero-order valence-corrected chi connectivity index (χ0v) is 11.7. The van der Waals surface area contributed by atoms with Crippen molar-refractivity contribution < 1.29 is 23.8 Å². The molecule has 0 bridgehead atoms. The van der Waals surface area contributed by atoms with Gasteiger partial charge in [0.05, 0.1) is 13.2 Å². The maximum Gasteiger partial charge on any atom is 0.333 e. The normalized spacial score (nSPS) is 22.7. The van der Waals surface area contributed by atoms with Crippen molar-refractivity contribution in [3.8, 4) is 0 Å². The van der Waals surface area contributed by atoms with Crippen LogP contribution in [0.1, 0.15) is 14.4 Å². The molecule has 1 N–H and O–H groups in total. The summed E-state index contributed by atoms with van der Waals surface area (Å²) in [6.07, 6.45) is 1.15. The lowest BCUT2D eigenvalue weighted by molar-refractivity contribution is -0.139. The molecule has 6 nitrogen and oxygen atoms in total. The van der Waals surface area contributed by atoms with Crippen molar-refractivity contribution >= 4 is 11.8 Å². The number of nitrogens with one attached hydrogen (secondary N) is 1. The number of rotatable bonds is 5. The molecule has 2 atom stereocenters. The summed E-state index contributed by atoms with van der Waals surface area (Å²) in [5, 5.41) is 3.06. The highest BCUT2D eigenvalue weighted by Crippen LogP contribution is 2.09. The van der Waals surface area contributed by atoms with Gasteiger partial charge in [-0.2, -0.15) is 0 Å². The first-order valence-electron chi connectivity index (χ1n) is 6.47. The number of ketones is 1. The van der Waals surface area contributed by atoms with E-state index in [2.05, 4.69) is 18.5 Å². The third-order valence-corrected chi connectivity index (χ3v) is 2.60. The molecular formula is C15H25NO5. The molecule has 6 heteroatoms. The zero-order chi connectivity index (χ0) is 15.0. The second-order valence-corrected chi connectivity index (χ2v) is 4.50. The minimum absolute atomic E-state index is 0. The monoisotopic (exact) mass is 299 g/mol. The quantitative estimate of drug-likeness (QED) is 0.461. The Morgan fingerprint density at radius 1 is 1.43 bits per heavy atom. The van der Waals surface area contributed by atoms with Gasteiger partial charge < -0.3 is 19.5 Å². The van der Waals surface area contributed by atoms with E-state index >= 15 is 0 Å². The number of esters is 1. The van der Waals surface area contributed by atoms with Crippen molar-refractivity contribution in [3.05, 3.63) is 24.8 Å². The summed E-state index contributed by atoms with van der Waals surface area (Å²) < 4.78 is 14.7. The summed E-state index contributed by atoms with van der Waals surface area (Å²) in [5.74, 6) is -0.372. The van der Waals surface area contributed by atoms with Crippen LogP contribution in [-0.4, -0.2) is 56.9 Å². The van der Waals surface area contributed by atoms with E-state index in [1.54, 1.807) is 6.92 Å². The van der Waals surface area contributed by atoms with Crippen LogP contribution in [0.4, 0.5) is 0 Å². The van der Waals surface area contributed by atoms with Gasteiger partial charge in [-0.25, -0.2) is 4.79 Å². The molecule has 0 radical (unpaired) electrons. The van der Waals surface area contributed by atoms with Crippen LogP contribution in [0.25, 0.3) is 0 Å². The van der Waals surface area contributed by atoms with Gasteiger partial charge in [-0.3, -0.25) is 4.79 Å². The van der Waals surface area contributed by atoms with E-state index in [-0.39, 0.29) is 31.4 Å². The van der Waals surface area contributed by atoms with E-state index in [4.69, 9.17) is 14.2 Å². The van der Waals surface area contributed by atoms with Crippen molar-refractivity contribution in [1.29, 1.82) is 0 Å². The van der Waals surface area contributed by atoms with Crippen molar-refractivity contribution in [2.75, 3.05) is 32.9 Å². The summed E-state index contributed by atoms with van der Waals surface area (Å²) in [6.45, 7) is 11.6. The molecule has 0 saturated carbocycles. The Labute approximate surface area is 126 Å². The molecule has 2 fully saturated rings. The van der Waals surface area contributed by atoms with Gasteiger partial charge in [-0.1, -0.05) is 20.6 Å². The number of epoxide rings is 1. The molecule has 2 aliphatic rings. The fourth-order valence-electron chi connectivity index (χ4n) is 1.34. The predicted octanol–water partition coefficient (Wildman–Crippen LogP) is 0.871. The Balaban J connectivity index is 0.000000364. The molecule has 0 amide bonds. The summed E-state index contributed by atoms with van der Waals surface area (Å²) in [4.78, 5) is 21.6. The number of morpholine rings is 1. The molecule has 2 aliphatic heterocycles. The summed E-state index contributed by atoms with van der Waals surface area (Å²) in [5.41, 5.74) is 0.431.